The molecule has 332 valence electrons. The van der Waals surface area contributed by atoms with Crippen molar-refractivity contribution in [3.05, 3.63) is 0 Å². The first-order valence-corrected chi connectivity index (χ1v) is 23.7. The van der Waals surface area contributed by atoms with Crippen LogP contribution in [0.2, 0.25) is 0 Å². The first-order chi connectivity index (χ1) is 27.1. The van der Waals surface area contributed by atoms with Gasteiger partial charge in [-0.25, -0.2) is 4.79 Å². The largest absolute Gasteiger partial charge is 0.477 e. The van der Waals surface area contributed by atoms with Crippen LogP contribution in [-0.4, -0.2) is 87.4 Å². The number of nitrogens with zero attached hydrogens (tertiary/aromatic N) is 1. The van der Waals surface area contributed by atoms with E-state index in [-0.39, 0.29) is 32.2 Å². The molecule has 0 fully saturated rings. The van der Waals surface area contributed by atoms with Gasteiger partial charge in [0.25, 0.3) is 6.29 Å². The summed E-state index contributed by atoms with van der Waals surface area (Å²) >= 11 is 0. The lowest BCUT2D eigenvalue weighted by atomic mass is 10.0. The normalized spacial score (nSPS) is 12.8. The number of ether oxygens (including phenoxy) is 4. The highest BCUT2D eigenvalue weighted by Gasteiger charge is 2.25. The molecular formula is C47H92NO8+. The Labute approximate surface area is 345 Å². The molecule has 0 aromatic rings. The van der Waals surface area contributed by atoms with Gasteiger partial charge in [-0.3, -0.25) is 9.59 Å². The van der Waals surface area contributed by atoms with E-state index in [2.05, 4.69) is 13.8 Å². The van der Waals surface area contributed by atoms with Gasteiger partial charge in [-0.1, -0.05) is 200 Å². The van der Waals surface area contributed by atoms with E-state index in [1.807, 2.05) is 21.1 Å². The maximum Gasteiger partial charge on any atom is 0.361 e. The summed E-state index contributed by atoms with van der Waals surface area (Å²) in [5.74, 6) is -2.01. The summed E-state index contributed by atoms with van der Waals surface area (Å²) in [6, 6.07) is 0. The number of hydrogen-bond acceptors (Lipinski definition) is 7. The molecule has 0 saturated carbocycles. The van der Waals surface area contributed by atoms with Crippen molar-refractivity contribution >= 4 is 17.9 Å². The number of unbranched alkanes of at least 4 members (excludes halogenated alkanes) is 29. The Morgan fingerprint density at radius 2 is 0.804 bits per heavy atom. The van der Waals surface area contributed by atoms with E-state index in [4.69, 9.17) is 18.9 Å². The second kappa shape index (κ2) is 40.1. The third kappa shape index (κ3) is 40.5. The highest BCUT2D eigenvalue weighted by Crippen LogP contribution is 2.17. The lowest BCUT2D eigenvalue weighted by molar-refractivity contribution is -0.870. The van der Waals surface area contributed by atoms with Gasteiger partial charge in [0.1, 0.15) is 13.2 Å². The topological polar surface area (TPSA) is 108 Å². The van der Waals surface area contributed by atoms with Gasteiger partial charge >= 0.3 is 17.9 Å². The molecule has 0 bridgehead atoms. The van der Waals surface area contributed by atoms with Crippen molar-refractivity contribution in [1.29, 1.82) is 0 Å². The third-order valence-corrected chi connectivity index (χ3v) is 10.6. The van der Waals surface area contributed by atoms with Crippen LogP contribution in [0, 0.1) is 0 Å². The molecule has 0 heterocycles. The van der Waals surface area contributed by atoms with Crippen LogP contribution in [0.15, 0.2) is 0 Å². The molecule has 9 nitrogen and oxygen atoms in total. The Morgan fingerprint density at radius 1 is 0.464 bits per heavy atom. The summed E-state index contributed by atoms with van der Waals surface area (Å²) in [5, 5.41) is 9.58. The Kier molecular flexibility index (Phi) is 38.9. The SMILES string of the molecule is CCCCCCCCCCCCCCCCCCCCCCCCCCCCC(=O)OC(COC(=O)CCCCCCC)COC(OCC[N+](C)(C)C)C(=O)O. The zero-order valence-electron chi connectivity index (χ0n) is 37.6. The van der Waals surface area contributed by atoms with Crippen molar-refractivity contribution in [2.24, 2.45) is 0 Å². The zero-order valence-corrected chi connectivity index (χ0v) is 37.6. The first-order valence-electron chi connectivity index (χ1n) is 23.7. The van der Waals surface area contributed by atoms with Gasteiger partial charge in [-0.2, -0.15) is 0 Å². The molecule has 56 heavy (non-hydrogen) atoms. The van der Waals surface area contributed by atoms with Crippen LogP contribution in [0.3, 0.4) is 0 Å². The second-order valence-corrected chi connectivity index (χ2v) is 17.4. The lowest BCUT2D eigenvalue weighted by Gasteiger charge is -2.25. The number of carboxylic acid groups (broad SMARTS) is 1. The molecule has 0 aliphatic rings. The molecular weight excluding hydrogens is 707 g/mol. The van der Waals surface area contributed by atoms with E-state index in [9.17, 15) is 19.5 Å². The minimum atomic E-state index is -1.50. The maximum absolute atomic E-state index is 12.7. The van der Waals surface area contributed by atoms with E-state index in [1.165, 1.54) is 148 Å². The minimum absolute atomic E-state index is 0.176. The number of likely N-dealkylation sites (N-methyl/N-ethyl adjacent to an activating group) is 1. The smallest absolute Gasteiger partial charge is 0.361 e. The molecule has 2 atom stereocenters. The number of esters is 2. The molecule has 0 spiro atoms. The molecule has 0 radical (unpaired) electrons. The van der Waals surface area contributed by atoms with Gasteiger partial charge < -0.3 is 28.5 Å². The van der Waals surface area contributed by atoms with Crippen molar-refractivity contribution in [2.75, 3.05) is 47.5 Å². The van der Waals surface area contributed by atoms with E-state index in [1.54, 1.807) is 0 Å². The van der Waals surface area contributed by atoms with Crippen molar-refractivity contribution in [3.63, 3.8) is 0 Å². The zero-order chi connectivity index (χ0) is 41.4. The average Bonchev–Trinajstić information content (AvgIpc) is 3.15. The van der Waals surface area contributed by atoms with E-state index < -0.39 is 24.3 Å². The summed E-state index contributed by atoms with van der Waals surface area (Å²) in [4.78, 5) is 36.8. The summed E-state index contributed by atoms with van der Waals surface area (Å²) in [7, 11) is 5.95. The maximum atomic E-state index is 12.7. The number of carbonyl (C=O) groups excluding carboxylic acids is 2. The number of hydrogen-bond donors (Lipinski definition) is 1. The summed E-state index contributed by atoms with van der Waals surface area (Å²) in [6.45, 7) is 4.81. The Bertz CT molecular complexity index is 892. The van der Waals surface area contributed by atoms with Crippen LogP contribution >= 0.6 is 0 Å². The predicted octanol–water partition coefficient (Wildman–Crippen LogP) is 12.5. The Balaban J connectivity index is 4.01. The average molecular weight is 799 g/mol. The van der Waals surface area contributed by atoms with Gasteiger partial charge in [0.2, 0.25) is 0 Å². The molecule has 0 aromatic heterocycles. The van der Waals surface area contributed by atoms with Gasteiger partial charge in [-0.05, 0) is 12.8 Å². The van der Waals surface area contributed by atoms with Crippen LogP contribution in [0.5, 0.6) is 0 Å². The standard InChI is InChI=1S/C47H91NO8/c1-6-8-10-12-13-14-15-16-17-18-19-20-21-22-23-24-25-26-27-28-29-30-31-32-34-36-38-45(50)56-43(41-54-44(49)37-35-33-11-9-7-2)42-55-47(46(51)52)53-40-39-48(3,4)5/h43,47H,6-42H2,1-5H3/p+1. The molecule has 0 amide bonds. The van der Waals surface area contributed by atoms with Gasteiger partial charge in [0.05, 0.1) is 34.4 Å². The van der Waals surface area contributed by atoms with E-state index in [0.29, 0.717) is 17.4 Å². The van der Waals surface area contributed by atoms with Crippen LogP contribution in [0.1, 0.15) is 226 Å². The molecule has 0 aliphatic heterocycles. The molecule has 0 saturated heterocycles. The Morgan fingerprint density at radius 3 is 1.14 bits per heavy atom. The number of carboxylic acids is 1. The van der Waals surface area contributed by atoms with Crippen molar-refractivity contribution in [2.45, 2.75) is 238 Å². The summed E-state index contributed by atoms with van der Waals surface area (Å²) in [6.07, 6.45) is 38.0. The van der Waals surface area contributed by atoms with Gasteiger partial charge in [-0.15, -0.1) is 0 Å². The summed E-state index contributed by atoms with van der Waals surface area (Å²) < 4.78 is 22.6. The van der Waals surface area contributed by atoms with Crippen LogP contribution < -0.4 is 0 Å². The molecule has 9 heteroatoms. The molecule has 1 N–H and O–H groups in total. The van der Waals surface area contributed by atoms with Gasteiger partial charge in [0, 0.05) is 12.8 Å². The number of aliphatic carboxylic acids is 1. The molecule has 0 rings (SSSR count). The predicted molar refractivity (Wildman–Crippen MR) is 231 cm³/mol. The minimum Gasteiger partial charge on any atom is -0.477 e. The molecule has 0 aliphatic carbocycles. The quantitative estimate of drug-likeness (QED) is 0.0281. The van der Waals surface area contributed by atoms with Crippen LogP contribution in [0.25, 0.3) is 0 Å². The second-order valence-electron chi connectivity index (χ2n) is 17.4. The monoisotopic (exact) mass is 799 g/mol. The fourth-order valence-electron chi connectivity index (χ4n) is 6.90. The fourth-order valence-corrected chi connectivity index (χ4v) is 6.90. The molecule has 2 unspecified atom stereocenters. The van der Waals surface area contributed by atoms with E-state index in [0.717, 1.165) is 51.4 Å². The first kappa shape index (κ1) is 54.3. The van der Waals surface area contributed by atoms with Crippen molar-refractivity contribution < 1.29 is 42.9 Å². The number of quaternary nitrogens is 1. The highest BCUT2D eigenvalue weighted by atomic mass is 16.7. The van der Waals surface area contributed by atoms with Crippen LogP contribution in [-0.2, 0) is 33.3 Å². The lowest BCUT2D eigenvalue weighted by Crippen LogP contribution is -2.40. The van der Waals surface area contributed by atoms with Crippen molar-refractivity contribution in [3.8, 4) is 0 Å². The number of carbonyl (C=O) groups is 3. The molecule has 0 aromatic carbocycles. The van der Waals surface area contributed by atoms with E-state index >= 15 is 0 Å². The van der Waals surface area contributed by atoms with Gasteiger partial charge in [0.15, 0.2) is 6.10 Å². The fraction of sp³-hybridized carbons (Fsp3) is 0.936. The summed E-state index contributed by atoms with van der Waals surface area (Å²) in [5.41, 5.74) is 0. The Hall–Kier alpha value is -1.71. The van der Waals surface area contributed by atoms with Crippen LogP contribution in [0.4, 0.5) is 0 Å². The van der Waals surface area contributed by atoms with Crippen molar-refractivity contribution in [1.82, 2.24) is 0 Å². The number of rotatable bonds is 44. The third-order valence-electron chi connectivity index (χ3n) is 10.6. The highest BCUT2D eigenvalue weighted by molar-refractivity contribution is 5.71.